The van der Waals surface area contributed by atoms with Crippen LogP contribution in [0.2, 0.25) is 10.0 Å². The van der Waals surface area contributed by atoms with Crippen LogP contribution in [0.1, 0.15) is 23.6 Å². The first-order valence-corrected chi connectivity index (χ1v) is 10.6. The molecule has 3 rings (SSSR count). The third-order valence-corrected chi connectivity index (χ3v) is 5.62. The number of hydrogen-bond donors (Lipinski definition) is 2. The molecular weight excluding hydrogens is 441 g/mol. The molecule has 31 heavy (non-hydrogen) atoms. The summed E-state index contributed by atoms with van der Waals surface area (Å²) in [5.74, 6) is -1.56. The van der Waals surface area contributed by atoms with Crippen molar-refractivity contribution in [3.05, 3.63) is 81.0 Å². The fourth-order valence-electron chi connectivity index (χ4n) is 3.58. The van der Waals surface area contributed by atoms with Gasteiger partial charge in [-0.3, -0.25) is 9.59 Å². The molecule has 0 aromatic heterocycles. The summed E-state index contributed by atoms with van der Waals surface area (Å²) in [7, 11) is 0. The van der Waals surface area contributed by atoms with E-state index in [1.807, 2.05) is 30.3 Å². The first-order valence-electron chi connectivity index (χ1n) is 9.88. The van der Waals surface area contributed by atoms with Crippen molar-refractivity contribution in [3.8, 4) is 0 Å². The van der Waals surface area contributed by atoms with Gasteiger partial charge in [-0.25, -0.2) is 0 Å². The topological polar surface area (TPSA) is 87.1 Å². The Morgan fingerprint density at radius 1 is 1.10 bits per heavy atom. The second-order valence-electron chi connectivity index (χ2n) is 7.07. The van der Waals surface area contributed by atoms with Gasteiger partial charge in [0, 0.05) is 23.0 Å². The summed E-state index contributed by atoms with van der Waals surface area (Å²) in [5.41, 5.74) is 1.50. The molecule has 1 aliphatic rings. The molecule has 6 nitrogen and oxygen atoms in total. The summed E-state index contributed by atoms with van der Waals surface area (Å²) in [6.07, 6.45) is 0.610. The number of aliphatic hydroxyl groups is 2. The molecule has 1 unspecified atom stereocenters. The molecule has 0 fully saturated rings. The Hall–Kier alpha value is -2.38. The third kappa shape index (κ3) is 5.46. The summed E-state index contributed by atoms with van der Waals surface area (Å²) in [6.45, 7) is 0.221. The van der Waals surface area contributed by atoms with E-state index in [-0.39, 0.29) is 49.2 Å². The highest BCUT2D eigenvalue weighted by molar-refractivity contribution is 6.35. The van der Waals surface area contributed by atoms with Crippen LogP contribution in [0.5, 0.6) is 0 Å². The molecule has 0 saturated carbocycles. The molecule has 0 saturated heterocycles. The SMILES string of the molecule is O=C(CCc1ccccc1)C1=C(O)C(=O)N(CCOCCO)C1c1ccc(Cl)cc1Cl. The smallest absolute Gasteiger partial charge is 0.290 e. The van der Waals surface area contributed by atoms with Gasteiger partial charge in [-0.2, -0.15) is 0 Å². The van der Waals surface area contributed by atoms with Gasteiger partial charge in [0.25, 0.3) is 5.91 Å². The second-order valence-corrected chi connectivity index (χ2v) is 7.92. The minimum Gasteiger partial charge on any atom is -0.503 e. The first-order chi connectivity index (χ1) is 14.9. The number of ketones is 1. The Morgan fingerprint density at radius 2 is 1.84 bits per heavy atom. The fourth-order valence-corrected chi connectivity index (χ4v) is 4.09. The average molecular weight is 464 g/mol. The number of aryl methyl sites for hydroxylation is 1. The maximum Gasteiger partial charge on any atom is 0.290 e. The van der Waals surface area contributed by atoms with Gasteiger partial charge in [-0.05, 0) is 29.7 Å². The van der Waals surface area contributed by atoms with Crippen LogP contribution in [0.15, 0.2) is 59.9 Å². The predicted octanol–water partition coefficient (Wildman–Crippen LogP) is 3.90. The first kappa shape index (κ1) is 23.3. The number of halogens is 2. The molecular formula is C23H23Cl2NO5. The lowest BCUT2D eigenvalue weighted by Crippen LogP contribution is -2.34. The van der Waals surface area contributed by atoms with Crippen molar-refractivity contribution in [3.63, 3.8) is 0 Å². The van der Waals surface area contributed by atoms with Gasteiger partial charge in [-0.1, -0.05) is 59.6 Å². The Bertz CT molecular complexity index is 977. The fraction of sp³-hybridized carbons (Fsp3) is 0.304. The van der Waals surface area contributed by atoms with E-state index in [9.17, 15) is 14.7 Å². The summed E-state index contributed by atoms with van der Waals surface area (Å²) in [5, 5.41) is 20.2. The van der Waals surface area contributed by atoms with E-state index in [0.29, 0.717) is 17.0 Å². The van der Waals surface area contributed by atoms with Crippen molar-refractivity contribution in [1.82, 2.24) is 4.90 Å². The Kier molecular flexibility index (Phi) is 8.09. The highest BCUT2D eigenvalue weighted by atomic mass is 35.5. The van der Waals surface area contributed by atoms with Crippen molar-refractivity contribution in [1.29, 1.82) is 0 Å². The molecule has 8 heteroatoms. The molecule has 1 atom stereocenters. The highest BCUT2D eigenvalue weighted by Gasteiger charge is 2.43. The zero-order chi connectivity index (χ0) is 22.4. The van der Waals surface area contributed by atoms with Gasteiger partial charge in [-0.15, -0.1) is 0 Å². The van der Waals surface area contributed by atoms with E-state index in [0.717, 1.165) is 5.56 Å². The van der Waals surface area contributed by atoms with Gasteiger partial charge in [0.15, 0.2) is 11.5 Å². The molecule has 1 heterocycles. The van der Waals surface area contributed by atoms with Gasteiger partial charge in [0.2, 0.25) is 0 Å². The Morgan fingerprint density at radius 3 is 2.52 bits per heavy atom. The summed E-state index contributed by atoms with van der Waals surface area (Å²) >= 11 is 12.4. The molecule has 0 bridgehead atoms. The van der Waals surface area contributed by atoms with Crippen LogP contribution < -0.4 is 0 Å². The number of ether oxygens (including phenoxy) is 1. The van der Waals surface area contributed by atoms with Crippen LogP contribution in [0.4, 0.5) is 0 Å². The van der Waals surface area contributed by atoms with Crippen LogP contribution in [-0.2, 0) is 20.7 Å². The normalized spacial score (nSPS) is 16.3. The van der Waals surface area contributed by atoms with Gasteiger partial charge in [0.05, 0.1) is 31.4 Å². The lowest BCUT2D eigenvalue weighted by molar-refractivity contribution is -0.130. The van der Waals surface area contributed by atoms with Gasteiger partial charge >= 0.3 is 0 Å². The molecule has 2 aromatic carbocycles. The molecule has 1 aliphatic heterocycles. The monoisotopic (exact) mass is 463 g/mol. The van der Waals surface area contributed by atoms with Crippen molar-refractivity contribution < 1.29 is 24.5 Å². The minimum absolute atomic E-state index is 0.0207. The summed E-state index contributed by atoms with van der Waals surface area (Å²) < 4.78 is 5.28. The zero-order valence-electron chi connectivity index (χ0n) is 16.8. The number of aliphatic hydroxyl groups excluding tert-OH is 2. The Balaban J connectivity index is 1.89. The van der Waals surface area contributed by atoms with Crippen molar-refractivity contribution >= 4 is 34.9 Å². The van der Waals surface area contributed by atoms with E-state index in [4.69, 9.17) is 33.0 Å². The van der Waals surface area contributed by atoms with E-state index in [1.54, 1.807) is 12.1 Å². The quantitative estimate of drug-likeness (QED) is 0.521. The van der Waals surface area contributed by atoms with E-state index >= 15 is 0 Å². The highest BCUT2D eigenvalue weighted by Crippen LogP contribution is 2.41. The number of amides is 1. The van der Waals surface area contributed by atoms with Crippen molar-refractivity contribution in [2.45, 2.75) is 18.9 Å². The minimum atomic E-state index is -0.849. The standard InChI is InChI=1S/C23H23Cl2NO5/c24-16-7-8-17(18(25)14-16)21-20(19(28)9-6-15-4-2-1-3-5-15)22(29)23(30)26(21)10-12-31-13-11-27/h1-5,7-8,14,21,27,29H,6,9-13H2. The predicted molar refractivity (Wildman–Crippen MR) is 118 cm³/mol. The number of nitrogens with zero attached hydrogens (tertiary/aromatic N) is 1. The molecule has 2 aromatic rings. The number of benzene rings is 2. The number of hydrogen-bond acceptors (Lipinski definition) is 5. The second kappa shape index (κ2) is 10.8. The van der Waals surface area contributed by atoms with Crippen molar-refractivity contribution in [2.24, 2.45) is 0 Å². The number of rotatable bonds is 10. The molecule has 164 valence electrons. The van der Waals surface area contributed by atoms with Crippen LogP contribution in [0, 0.1) is 0 Å². The molecule has 0 aliphatic carbocycles. The van der Waals surface area contributed by atoms with Gasteiger partial charge in [0.1, 0.15) is 0 Å². The molecule has 1 amide bonds. The lowest BCUT2D eigenvalue weighted by Gasteiger charge is -2.27. The van der Waals surface area contributed by atoms with E-state index in [2.05, 4.69) is 0 Å². The summed E-state index contributed by atoms with van der Waals surface area (Å²) in [4.78, 5) is 27.3. The van der Waals surface area contributed by atoms with Crippen molar-refractivity contribution in [2.75, 3.05) is 26.4 Å². The number of carbonyl (C=O) groups is 2. The third-order valence-electron chi connectivity index (χ3n) is 5.06. The van der Waals surface area contributed by atoms with E-state index in [1.165, 1.54) is 11.0 Å². The summed E-state index contributed by atoms with van der Waals surface area (Å²) in [6, 6.07) is 13.5. The Labute approximate surface area is 190 Å². The largest absolute Gasteiger partial charge is 0.503 e. The van der Waals surface area contributed by atoms with Gasteiger partial charge < -0.3 is 19.8 Å². The van der Waals surface area contributed by atoms with Crippen LogP contribution >= 0.6 is 23.2 Å². The maximum atomic E-state index is 13.1. The average Bonchev–Trinajstić information content (AvgIpc) is 3.00. The number of Topliss-reactive ketones (excluding diaryl/α,β-unsaturated/α-hetero) is 1. The number of carbonyl (C=O) groups excluding carboxylic acids is 2. The van der Waals surface area contributed by atoms with E-state index < -0.39 is 17.7 Å². The van der Waals surface area contributed by atoms with Crippen LogP contribution in [-0.4, -0.2) is 53.2 Å². The molecule has 0 spiro atoms. The van der Waals surface area contributed by atoms with Crippen LogP contribution in [0.3, 0.4) is 0 Å². The zero-order valence-corrected chi connectivity index (χ0v) is 18.3. The maximum absolute atomic E-state index is 13.1. The lowest BCUT2D eigenvalue weighted by atomic mass is 9.93. The molecule has 0 radical (unpaired) electrons. The van der Waals surface area contributed by atoms with Crippen LogP contribution in [0.25, 0.3) is 0 Å². The molecule has 2 N–H and O–H groups in total.